The first kappa shape index (κ1) is 11.7. The number of hydrogen-bond acceptors (Lipinski definition) is 1. The van der Waals surface area contributed by atoms with Gasteiger partial charge in [0.1, 0.15) is 5.82 Å². The van der Waals surface area contributed by atoms with Gasteiger partial charge in [0.15, 0.2) is 0 Å². The van der Waals surface area contributed by atoms with Crippen LogP contribution in [0.2, 0.25) is 0 Å². The van der Waals surface area contributed by atoms with Gasteiger partial charge < -0.3 is 5.32 Å². The summed E-state index contributed by atoms with van der Waals surface area (Å²) >= 11 is 0. The SMILES string of the molecule is Fc1ccc2c(c1)[C@H]1C=CC[C@H]1[C@H](c1ccccc1)N2. The van der Waals surface area contributed by atoms with Crippen LogP contribution < -0.4 is 5.32 Å². The van der Waals surface area contributed by atoms with Crippen molar-refractivity contribution < 1.29 is 4.39 Å². The topological polar surface area (TPSA) is 12.0 Å². The van der Waals surface area contributed by atoms with Gasteiger partial charge in [-0.15, -0.1) is 0 Å². The number of halogens is 1. The van der Waals surface area contributed by atoms with Crippen LogP contribution in [-0.2, 0) is 0 Å². The molecule has 2 aromatic rings. The highest BCUT2D eigenvalue weighted by atomic mass is 19.1. The quantitative estimate of drug-likeness (QED) is 0.740. The molecule has 0 radical (unpaired) electrons. The molecule has 1 nitrogen and oxygen atoms in total. The normalized spacial score (nSPS) is 26.8. The maximum Gasteiger partial charge on any atom is 0.123 e. The first-order valence-electron chi connectivity index (χ1n) is 7.10. The van der Waals surface area contributed by atoms with Crippen molar-refractivity contribution in [2.75, 3.05) is 5.32 Å². The molecular formula is C18H16FN. The fraction of sp³-hybridized carbons (Fsp3) is 0.222. The second-order valence-corrected chi connectivity index (χ2v) is 5.62. The molecule has 0 aromatic heterocycles. The predicted octanol–water partition coefficient (Wildman–Crippen LogP) is 4.65. The molecule has 1 N–H and O–H groups in total. The molecule has 20 heavy (non-hydrogen) atoms. The standard InChI is InChI=1S/C18H16FN/c19-13-9-10-17-16(11-13)14-7-4-8-15(14)18(20-17)12-5-2-1-3-6-12/h1-7,9-11,14-15,18,20H,8H2/t14-,15+,18-/m0/s1. The van der Waals surface area contributed by atoms with Gasteiger partial charge in [-0.3, -0.25) is 0 Å². The van der Waals surface area contributed by atoms with Gasteiger partial charge in [-0.25, -0.2) is 4.39 Å². The highest BCUT2D eigenvalue weighted by molar-refractivity contribution is 5.59. The summed E-state index contributed by atoms with van der Waals surface area (Å²) in [6, 6.07) is 15.9. The van der Waals surface area contributed by atoms with Crippen LogP contribution in [0.3, 0.4) is 0 Å². The van der Waals surface area contributed by atoms with E-state index in [-0.39, 0.29) is 5.82 Å². The Hall–Kier alpha value is -2.09. The summed E-state index contributed by atoms with van der Waals surface area (Å²) in [5.41, 5.74) is 3.46. The number of benzene rings is 2. The summed E-state index contributed by atoms with van der Waals surface area (Å²) < 4.78 is 13.5. The number of allylic oxidation sites excluding steroid dienone is 2. The summed E-state index contributed by atoms with van der Waals surface area (Å²) in [5.74, 6) is 0.654. The summed E-state index contributed by atoms with van der Waals surface area (Å²) in [6.07, 6.45) is 5.51. The van der Waals surface area contributed by atoms with Crippen LogP contribution in [0.5, 0.6) is 0 Å². The van der Waals surface area contributed by atoms with Gasteiger partial charge in [0, 0.05) is 11.6 Å². The smallest absolute Gasteiger partial charge is 0.123 e. The van der Waals surface area contributed by atoms with Crippen molar-refractivity contribution in [2.45, 2.75) is 18.4 Å². The highest BCUT2D eigenvalue weighted by Gasteiger charge is 2.37. The highest BCUT2D eigenvalue weighted by Crippen LogP contribution is 2.49. The minimum atomic E-state index is -0.150. The average molecular weight is 265 g/mol. The van der Waals surface area contributed by atoms with Crippen LogP contribution in [0.1, 0.15) is 29.5 Å². The van der Waals surface area contributed by atoms with Gasteiger partial charge in [0.05, 0.1) is 6.04 Å². The van der Waals surface area contributed by atoms with Crippen LogP contribution in [0.15, 0.2) is 60.7 Å². The lowest BCUT2D eigenvalue weighted by Crippen LogP contribution is -2.29. The van der Waals surface area contributed by atoms with Crippen molar-refractivity contribution in [3.05, 3.63) is 77.6 Å². The third-order valence-corrected chi connectivity index (χ3v) is 4.48. The van der Waals surface area contributed by atoms with E-state index in [1.165, 1.54) is 11.6 Å². The monoisotopic (exact) mass is 265 g/mol. The molecule has 3 atom stereocenters. The van der Waals surface area contributed by atoms with Crippen molar-refractivity contribution in [1.82, 2.24) is 0 Å². The maximum absolute atomic E-state index is 13.5. The number of fused-ring (bicyclic) bond motifs is 3. The molecule has 0 amide bonds. The summed E-state index contributed by atoms with van der Waals surface area (Å²) in [6.45, 7) is 0. The second-order valence-electron chi connectivity index (χ2n) is 5.62. The fourth-order valence-electron chi connectivity index (χ4n) is 3.56. The first-order valence-corrected chi connectivity index (χ1v) is 7.10. The minimum absolute atomic E-state index is 0.150. The molecule has 0 fully saturated rings. The Bertz CT molecular complexity index is 662. The van der Waals surface area contributed by atoms with E-state index in [0.717, 1.165) is 17.7 Å². The molecular weight excluding hydrogens is 249 g/mol. The third-order valence-electron chi connectivity index (χ3n) is 4.48. The van der Waals surface area contributed by atoms with E-state index < -0.39 is 0 Å². The number of rotatable bonds is 1. The van der Waals surface area contributed by atoms with Crippen molar-refractivity contribution in [2.24, 2.45) is 5.92 Å². The van der Waals surface area contributed by atoms with Crippen molar-refractivity contribution >= 4 is 5.69 Å². The van der Waals surface area contributed by atoms with E-state index in [0.29, 0.717) is 17.9 Å². The van der Waals surface area contributed by atoms with Crippen LogP contribution >= 0.6 is 0 Å². The van der Waals surface area contributed by atoms with E-state index in [2.05, 4.69) is 41.7 Å². The predicted molar refractivity (Wildman–Crippen MR) is 79.2 cm³/mol. The number of anilines is 1. The molecule has 0 unspecified atom stereocenters. The third kappa shape index (κ3) is 1.75. The summed E-state index contributed by atoms with van der Waals surface area (Å²) in [7, 11) is 0. The Kier molecular flexibility index (Phi) is 2.62. The molecule has 100 valence electrons. The van der Waals surface area contributed by atoms with Crippen LogP contribution in [0.25, 0.3) is 0 Å². The molecule has 1 aliphatic heterocycles. The maximum atomic E-state index is 13.5. The van der Waals surface area contributed by atoms with Crippen LogP contribution in [0.4, 0.5) is 10.1 Å². The second kappa shape index (κ2) is 4.48. The number of nitrogens with one attached hydrogen (secondary N) is 1. The van der Waals surface area contributed by atoms with Crippen molar-refractivity contribution in [1.29, 1.82) is 0 Å². The molecule has 0 bridgehead atoms. The van der Waals surface area contributed by atoms with E-state index in [4.69, 9.17) is 0 Å². The Morgan fingerprint density at radius 1 is 1.05 bits per heavy atom. The summed E-state index contributed by atoms with van der Waals surface area (Å²) in [4.78, 5) is 0. The molecule has 1 aliphatic carbocycles. The molecule has 2 aliphatic rings. The lowest BCUT2D eigenvalue weighted by atomic mass is 9.77. The first-order chi connectivity index (χ1) is 9.83. The Labute approximate surface area is 118 Å². The zero-order chi connectivity index (χ0) is 13.5. The summed E-state index contributed by atoms with van der Waals surface area (Å²) in [5, 5.41) is 3.61. The number of hydrogen-bond donors (Lipinski definition) is 1. The zero-order valence-corrected chi connectivity index (χ0v) is 11.1. The van der Waals surface area contributed by atoms with Gasteiger partial charge >= 0.3 is 0 Å². The largest absolute Gasteiger partial charge is 0.378 e. The average Bonchev–Trinajstić information content (AvgIpc) is 2.97. The molecule has 1 heterocycles. The van der Waals surface area contributed by atoms with Gasteiger partial charge in [-0.1, -0.05) is 42.5 Å². The van der Waals surface area contributed by atoms with Crippen molar-refractivity contribution in [3.8, 4) is 0 Å². The molecule has 2 aromatic carbocycles. The van der Waals surface area contributed by atoms with E-state index in [1.54, 1.807) is 6.07 Å². The van der Waals surface area contributed by atoms with E-state index >= 15 is 0 Å². The lowest BCUT2D eigenvalue weighted by molar-refractivity contribution is 0.424. The van der Waals surface area contributed by atoms with Gasteiger partial charge in [0.25, 0.3) is 0 Å². The molecule has 0 saturated carbocycles. The van der Waals surface area contributed by atoms with Gasteiger partial charge in [0.2, 0.25) is 0 Å². The van der Waals surface area contributed by atoms with Gasteiger partial charge in [-0.05, 0) is 41.7 Å². The van der Waals surface area contributed by atoms with Crippen LogP contribution in [-0.4, -0.2) is 0 Å². The Balaban J connectivity index is 1.80. The minimum Gasteiger partial charge on any atom is -0.378 e. The molecule has 4 rings (SSSR count). The molecule has 0 saturated heterocycles. The van der Waals surface area contributed by atoms with E-state index in [9.17, 15) is 4.39 Å². The fourth-order valence-corrected chi connectivity index (χ4v) is 3.56. The van der Waals surface area contributed by atoms with Gasteiger partial charge in [-0.2, -0.15) is 0 Å². The molecule has 2 heteroatoms. The zero-order valence-electron chi connectivity index (χ0n) is 11.1. The van der Waals surface area contributed by atoms with Crippen molar-refractivity contribution in [3.63, 3.8) is 0 Å². The van der Waals surface area contributed by atoms with Crippen LogP contribution in [0, 0.1) is 11.7 Å². The van der Waals surface area contributed by atoms with E-state index in [1.807, 2.05) is 12.1 Å². The Morgan fingerprint density at radius 2 is 1.90 bits per heavy atom. The molecule has 0 spiro atoms. The lowest BCUT2D eigenvalue weighted by Gasteiger charge is -2.37. The Morgan fingerprint density at radius 3 is 2.75 bits per heavy atom.